The van der Waals surface area contributed by atoms with Gasteiger partial charge in [0, 0.05) is 5.56 Å². The average molecular weight is 283 g/mol. The first-order chi connectivity index (χ1) is 8.61. The molecule has 4 nitrogen and oxygen atoms in total. The van der Waals surface area contributed by atoms with Gasteiger partial charge in [0.25, 0.3) is 5.24 Å². The number of hydrogen-bond acceptors (Lipinski definition) is 4. The predicted molar refractivity (Wildman–Crippen MR) is 69.2 cm³/mol. The van der Waals surface area contributed by atoms with Crippen LogP contribution in [0.25, 0.3) is 11.3 Å². The van der Waals surface area contributed by atoms with E-state index in [1.807, 2.05) is 0 Å². The van der Waals surface area contributed by atoms with Crippen molar-refractivity contribution in [2.45, 2.75) is 0 Å². The highest BCUT2D eigenvalue weighted by atomic mass is 35.5. The average Bonchev–Trinajstić information content (AvgIpc) is 2.38. The van der Waals surface area contributed by atoms with E-state index in [1.165, 1.54) is 19.5 Å². The standard InChI is InChI=1S/C12H8Cl2N2O2/c1-18-11-3-2-7(4-8(11)13)9-5-10(12(14)17)16-6-15-9/h2-6H,1H3. The molecule has 0 spiro atoms. The van der Waals surface area contributed by atoms with E-state index in [9.17, 15) is 4.79 Å². The number of aromatic nitrogens is 2. The van der Waals surface area contributed by atoms with E-state index < -0.39 is 5.24 Å². The summed E-state index contributed by atoms with van der Waals surface area (Å²) in [5.41, 5.74) is 1.47. The van der Waals surface area contributed by atoms with Crippen molar-refractivity contribution in [1.29, 1.82) is 0 Å². The predicted octanol–water partition coefficient (Wildman–Crippen LogP) is 3.18. The SMILES string of the molecule is COc1ccc(-c2cc(C(=O)Cl)ncn2)cc1Cl. The number of benzene rings is 1. The van der Waals surface area contributed by atoms with Crippen LogP contribution < -0.4 is 4.74 Å². The molecule has 0 aliphatic carbocycles. The second kappa shape index (κ2) is 5.33. The molecule has 0 bridgehead atoms. The molecule has 18 heavy (non-hydrogen) atoms. The van der Waals surface area contributed by atoms with E-state index in [0.717, 1.165) is 5.56 Å². The molecule has 0 saturated heterocycles. The molecule has 0 radical (unpaired) electrons. The van der Waals surface area contributed by atoms with Crippen molar-refractivity contribution in [2.24, 2.45) is 0 Å². The van der Waals surface area contributed by atoms with Crippen molar-refractivity contribution in [3.8, 4) is 17.0 Å². The summed E-state index contributed by atoms with van der Waals surface area (Å²) in [6, 6.07) is 6.72. The van der Waals surface area contributed by atoms with Gasteiger partial charge < -0.3 is 4.74 Å². The zero-order valence-electron chi connectivity index (χ0n) is 9.35. The van der Waals surface area contributed by atoms with E-state index >= 15 is 0 Å². The highest BCUT2D eigenvalue weighted by molar-refractivity contribution is 6.67. The van der Waals surface area contributed by atoms with Crippen LogP contribution in [-0.2, 0) is 0 Å². The van der Waals surface area contributed by atoms with Crippen LogP contribution in [0.1, 0.15) is 10.5 Å². The van der Waals surface area contributed by atoms with Crippen LogP contribution in [0.5, 0.6) is 5.75 Å². The summed E-state index contributed by atoms with van der Waals surface area (Å²) in [5.74, 6) is 0.572. The second-order valence-electron chi connectivity index (χ2n) is 3.41. The Kier molecular flexibility index (Phi) is 3.79. The van der Waals surface area contributed by atoms with Crippen LogP contribution in [0.4, 0.5) is 0 Å². The van der Waals surface area contributed by atoms with Gasteiger partial charge in [-0.25, -0.2) is 9.97 Å². The number of nitrogens with zero attached hydrogens (tertiary/aromatic N) is 2. The summed E-state index contributed by atoms with van der Waals surface area (Å²) in [6.07, 6.45) is 1.28. The van der Waals surface area contributed by atoms with Crippen LogP contribution in [0.2, 0.25) is 5.02 Å². The fourth-order valence-electron chi connectivity index (χ4n) is 1.45. The van der Waals surface area contributed by atoms with E-state index in [2.05, 4.69) is 9.97 Å². The molecule has 2 rings (SSSR count). The van der Waals surface area contributed by atoms with E-state index in [-0.39, 0.29) is 5.69 Å². The summed E-state index contributed by atoms with van der Waals surface area (Å²) in [7, 11) is 1.54. The smallest absolute Gasteiger partial charge is 0.270 e. The first-order valence-corrected chi connectivity index (χ1v) is 5.73. The lowest BCUT2D eigenvalue weighted by atomic mass is 10.1. The Morgan fingerprint density at radius 3 is 2.67 bits per heavy atom. The van der Waals surface area contributed by atoms with Crippen molar-refractivity contribution in [3.05, 3.63) is 41.3 Å². The maximum Gasteiger partial charge on any atom is 0.270 e. The fourth-order valence-corrected chi connectivity index (χ4v) is 1.81. The molecule has 0 saturated carbocycles. The maximum absolute atomic E-state index is 11.0. The molecule has 0 unspecified atom stereocenters. The van der Waals surface area contributed by atoms with Crippen LogP contribution in [0.15, 0.2) is 30.6 Å². The summed E-state index contributed by atoms with van der Waals surface area (Å²) in [4.78, 5) is 18.9. The van der Waals surface area contributed by atoms with Crippen molar-refractivity contribution in [3.63, 3.8) is 0 Å². The monoisotopic (exact) mass is 282 g/mol. The van der Waals surface area contributed by atoms with Crippen molar-refractivity contribution >= 4 is 28.4 Å². The Bertz CT molecular complexity index is 602. The Morgan fingerprint density at radius 1 is 1.28 bits per heavy atom. The highest BCUT2D eigenvalue weighted by Crippen LogP contribution is 2.29. The van der Waals surface area contributed by atoms with E-state index in [0.29, 0.717) is 16.5 Å². The van der Waals surface area contributed by atoms with Gasteiger partial charge in [-0.1, -0.05) is 11.6 Å². The molecule has 1 aromatic carbocycles. The third-order valence-electron chi connectivity index (χ3n) is 2.32. The minimum atomic E-state index is -0.627. The van der Waals surface area contributed by atoms with Gasteiger partial charge in [-0.2, -0.15) is 0 Å². The van der Waals surface area contributed by atoms with Crippen molar-refractivity contribution in [2.75, 3.05) is 7.11 Å². The van der Waals surface area contributed by atoms with E-state index in [4.69, 9.17) is 27.9 Å². The molecule has 0 atom stereocenters. The number of hydrogen-bond donors (Lipinski definition) is 0. The molecule has 0 fully saturated rings. The molecule has 6 heteroatoms. The molecular weight excluding hydrogens is 275 g/mol. The van der Waals surface area contributed by atoms with Gasteiger partial charge in [-0.05, 0) is 35.9 Å². The molecule has 0 amide bonds. The third-order valence-corrected chi connectivity index (χ3v) is 2.81. The highest BCUT2D eigenvalue weighted by Gasteiger charge is 2.09. The summed E-state index contributed by atoms with van der Waals surface area (Å²) in [6.45, 7) is 0. The number of ether oxygens (including phenoxy) is 1. The molecule has 2 aromatic rings. The number of carbonyl (C=O) groups is 1. The largest absolute Gasteiger partial charge is 0.495 e. The van der Waals surface area contributed by atoms with Crippen molar-refractivity contribution in [1.82, 2.24) is 9.97 Å². The molecule has 0 aliphatic rings. The van der Waals surface area contributed by atoms with Crippen LogP contribution >= 0.6 is 23.2 Å². The first-order valence-electron chi connectivity index (χ1n) is 4.97. The van der Waals surface area contributed by atoms with Gasteiger partial charge in [0.05, 0.1) is 17.8 Å². The number of carbonyl (C=O) groups excluding carboxylic acids is 1. The van der Waals surface area contributed by atoms with Gasteiger partial charge >= 0.3 is 0 Å². The Labute approximate surface area is 114 Å². The number of methoxy groups -OCH3 is 1. The summed E-state index contributed by atoms with van der Waals surface area (Å²) in [5, 5.41) is -0.161. The summed E-state index contributed by atoms with van der Waals surface area (Å²) >= 11 is 11.4. The Balaban J connectivity index is 2.45. The lowest BCUT2D eigenvalue weighted by Crippen LogP contribution is -1.96. The van der Waals surface area contributed by atoms with Gasteiger partial charge in [0.15, 0.2) is 0 Å². The first kappa shape index (κ1) is 12.8. The van der Waals surface area contributed by atoms with Gasteiger partial charge in [-0.15, -0.1) is 0 Å². The molecule has 1 aromatic heterocycles. The Hall–Kier alpha value is -1.65. The number of rotatable bonds is 3. The van der Waals surface area contributed by atoms with Crippen LogP contribution in [-0.4, -0.2) is 22.3 Å². The third kappa shape index (κ3) is 2.60. The molecule has 0 aliphatic heterocycles. The minimum absolute atomic E-state index is 0.147. The quantitative estimate of drug-likeness (QED) is 0.812. The summed E-state index contributed by atoms with van der Waals surface area (Å²) < 4.78 is 5.06. The minimum Gasteiger partial charge on any atom is -0.495 e. The molecular formula is C12H8Cl2N2O2. The van der Waals surface area contributed by atoms with E-state index in [1.54, 1.807) is 18.2 Å². The maximum atomic E-state index is 11.0. The topological polar surface area (TPSA) is 52.1 Å². The Morgan fingerprint density at radius 2 is 2.06 bits per heavy atom. The molecule has 92 valence electrons. The second-order valence-corrected chi connectivity index (χ2v) is 4.16. The zero-order chi connectivity index (χ0) is 13.1. The van der Waals surface area contributed by atoms with Gasteiger partial charge in [-0.3, -0.25) is 4.79 Å². The normalized spacial score (nSPS) is 10.2. The zero-order valence-corrected chi connectivity index (χ0v) is 10.9. The molecule has 0 N–H and O–H groups in total. The van der Waals surface area contributed by atoms with Gasteiger partial charge in [0.2, 0.25) is 0 Å². The lowest BCUT2D eigenvalue weighted by Gasteiger charge is -2.06. The fraction of sp³-hybridized carbons (Fsp3) is 0.0833. The van der Waals surface area contributed by atoms with Gasteiger partial charge in [0.1, 0.15) is 17.8 Å². The lowest BCUT2D eigenvalue weighted by molar-refractivity contribution is 0.107. The van der Waals surface area contributed by atoms with Crippen LogP contribution in [0, 0.1) is 0 Å². The van der Waals surface area contributed by atoms with Crippen molar-refractivity contribution < 1.29 is 9.53 Å². The number of halogens is 2. The molecule has 1 heterocycles. The van der Waals surface area contributed by atoms with Crippen LogP contribution in [0.3, 0.4) is 0 Å².